The van der Waals surface area contributed by atoms with E-state index in [9.17, 15) is 9.59 Å². The fourth-order valence-corrected chi connectivity index (χ4v) is 3.12. The summed E-state index contributed by atoms with van der Waals surface area (Å²) in [7, 11) is 0. The van der Waals surface area contributed by atoms with Crippen LogP contribution in [-0.4, -0.2) is 52.7 Å². The van der Waals surface area contributed by atoms with Crippen molar-refractivity contribution in [3.05, 3.63) is 16.1 Å². The summed E-state index contributed by atoms with van der Waals surface area (Å²) in [6.07, 6.45) is -0.215. The van der Waals surface area contributed by atoms with E-state index in [1.807, 2.05) is 34.6 Å². The average molecular weight is 340 g/mol. The number of rotatable bonds is 3. The molecule has 2 heterocycles. The number of nitrogens with zero attached hydrogens (tertiary/aromatic N) is 2. The lowest BCUT2D eigenvalue weighted by Gasteiger charge is -2.40. The summed E-state index contributed by atoms with van der Waals surface area (Å²) < 4.78 is 11.0. The zero-order valence-corrected chi connectivity index (χ0v) is 15.1. The zero-order valence-electron chi connectivity index (χ0n) is 14.3. The van der Waals surface area contributed by atoms with Crippen molar-refractivity contribution >= 4 is 23.2 Å². The van der Waals surface area contributed by atoms with E-state index in [0.717, 1.165) is 5.01 Å². The van der Waals surface area contributed by atoms with Gasteiger partial charge < -0.3 is 9.47 Å². The monoisotopic (exact) mass is 340 g/mol. The van der Waals surface area contributed by atoms with Crippen molar-refractivity contribution in [2.75, 3.05) is 13.2 Å². The van der Waals surface area contributed by atoms with Crippen molar-refractivity contribution in [3.63, 3.8) is 0 Å². The number of carbonyl (C=O) groups is 2. The summed E-state index contributed by atoms with van der Waals surface area (Å²) in [6, 6.07) is -0.461. The lowest BCUT2D eigenvalue weighted by molar-refractivity contribution is -0.0558. The average Bonchev–Trinajstić information content (AvgIpc) is 2.83. The zero-order chi connectivity index (χ0) is 17.2. The van der Waals surface area contributed by atoms with Crippen LogP contribution in [0.2, 0.25) is 0 Å². The lowest BCUT2D eigenvalue weighted by Crippen LogP contribution is -2.55. The van der Waals surface area contributed by atoms with Gasteiger partial charge in [-0.1, -0.05) is 0 Å². The number of amides is 1. The van der Waals surface area contributed by atoms with Gasteiger partial charge in [0.2, 0.25) is 0 Å². The molecular formula is C16H24N2O4S. The van der Waals surface area contributed by atoms with Gasteiger partial charge in [-0.05, 0) is 34.6 Å². The Morgan fingerprint density at radius 2 is 2.13 bits per heavy atom. The second-order valence-electron chi connectivity index (χ2n) is 6.81. The van der Waals surface area contributed by atoms with E-state index >= 15 is 0 Å². The Bertz CT molecular complexity index is 579. The van der Waals surface area contributed by atoms with Crippen molar-refractivity contribution in [2.24, 2.45) is 0 Å². The van der Waals surface area contributed by atoms with Gasteiger partial charge in [-0.2, -0.15) is 0 Å². The van der Waals surface area contributed by atoms with E-state index in [1.165, 1.54) is 11.3 Å². The second-order valence-corrected chi connectivity index (χ2v) is 7.87. The Balaban J connectivity index is 2.10. The van der Waals surface area contributed by atoms with Gasteiger partial charge in [0, 0.05) is 11.8 Å². The smallest absolute Gasteiger partial charge is 0.410 e. The molecule has 0 bridgehead atoms. The van der Waals surface area contributed by atoms with Crippen molar-refractivity contribution in [2.45, 2.75) is 58.7 Å². The van der Waals surface area contributed by atoms with Crippen molar-refractivity contribution < 1.29 is 19.1 Å². The Labute approximate surface area is 140 Å². The predicted octanol–water partition coefficient (Wildman–Crippen LogP) is 3.05. The standard InChI is InChI=1S/C16H24N2O4S/c1-10-7-21-8-12(18(10)15(20)22-16(3,4)5)6-14(19)13-9-23-11(2)17-13/h9-10,12H,6-8H2,1-5H3. The van der Waals surface area contributed by atoms with Crippen LogP contribution < -0.4 is 0 Å². The van der Waals surface area contributed by atoms with E-state index in [4.69, 9.17) is 9.47 Å². The molecule has 6 nitrogen and oxygen atoms in total. The minimum atomic E-state index is -0.574. The Morgan fingerprint density at radius 1 is 1.43 bits per heavy atom. The minimum Gasteiger partial charge on any atom is -0.444 e. The molecule has 1 fully saturated rings. The maximum absolute atomic E-state index is 12.5. The molecular weight excluding hydrogens is 316 g/mol. The first kappa shape index (κ1) is 17.9. The molecule has 2 atom stereocenters. The number of Topliss-reactive ketones (excluding diaryl/α,β-unsaturated/α-hetero) is 1. The SMILES string of the molecule is Cc1nc(C(=O)CC2COCC(C)N2C(=O)OC(C)(C)C)cs1. The molecule has 1 aromatic heterocycles. The number of ether oxygens (including phenoxy) is 2. The van der Waals surface area contributed by atoms with E-state index in [1.54, 1.807) is 10.3 Å². The number of carbonyl (C=O) groups excluding carboxylic acids is 2. The Morgan fingerprint density at radius 3 is 2.70 bits per heavy atom. The molecule has 1 aliphatic rings. The van der Waals surface area contributed by atoms with Crippen LogP contribution in [-0.2, 0) is 9.47 Å². The molecule has 23 heavy (non-hydrogen) atoms. The molecule has 0 saturated carbocycles. The minimum absolute atomic E-state index is 0.0781. The quantitative estimate of drug-likeness (QED) is 0.791. The molecule has 1 amide bonds. The largest absolute Gasteiger partial charge is 0.444 e. The molecule has 0 spiro atoms. The first-order valence-corrected chi connectivity index (χ1v) is 8.59. The van der Waals surface area contributed by atoms with Crippen LogP contribution in [0.3, 0.4) is 0 Å². The van der Waals surface area contributed by atoms with Gasteiger partial charge in [-0.3, -0.25) is 9.69 Å². The van der Waals surface area contributed by atoms with Crippen LogP contribution in [0.25, 0.3) is 0 Å². The van der Waals surface area contributed by atoms with Gasteiger partial charge in [-0.25, -0.2) is 9.78 Å². The number of thiazole rings is 1. The number of hydrogen-bond acceptors (Lipinski definition) is 6. The van der Waals surface area contributed by atoms with Gasteiger partial charge in [-0.15, -0.1) is 11.3 Å². The topological polar surface area (TPSA) is 68.7 Å². The maximum Gasteiger partial charge on any atom is 0.410 e. The van der Waals surface area contributed by atoms with E-state index in [2.05, 4.69) is 4.98 Å². The summed E-state index contributed by atoms with van der Waals surface area (Å²) >= 11 is 1.44. The Hall–Kier alpha value is -1.47. The number of aryl methyl sites for hydroxylation is 1. The fraction of sp³-hybridized carbons (Fsp3) is 0.688. The highest BCUT2D eigenvalue weighted by molar-refractivity contribution is 7.09. The molecule has 0 radical (unpaired) electrons. The molecule has 0 aromatic carbocycles. The van der Waals surface area contributed by atoms with Gasteiger partial charge >= 0.3 is 6.09 Å². The molecule has 1 aromatic rings. The van der Waals surface area contributed by atoms with E-state index in [-0.39, 0.29) is 24.3 Å². The highest BCUT2D eigenvalue weighted by Crippen LogP contribution is 2.22. The van der Waals surface area contributed by atoms with Crippen molar-refractivity contribution in [1.29, 1.82) is 0 Å². The summed E-state index contributed by atoms with van der Waals surface area (Å²) in [6.45, 7) is 10.0. The predicted molar refractivity (Wildman–Crippen MR) is 87.9 cm³/mol. The second kappa shape index (κ2) is 6.97. The summed E-state index contributed by atoms with van der Waals surface area (Å²) in [5.41, 5.74) is -0.120. The number of morpholine rings is 1. The van der Waals surface area contributed by atoms with Crippen LogP contribution in [0.5, 0.6) is 0 Å². The van der Waals surface area contributed by atoms with Gasteiger partial charge in [0.25, 0.3) is 0 Å². The van der Waals surface area contributed by atoms with Gasteiger partial charge in [0.05, 0.1) is 30.3 Å². The molecule has 2 unspecified atom stereocenters. The molecule has 7 heteroatoms. The summed E-state index contributed by atoms with van der Waals surface area (Å²) in [4.78, 5) is 30.7. The number of ketones is 1. The first-order valence-electron chi connectivity index (χ1n) is 7.72. The first-order chi connectivity index (χ1) is 10.7. The molecule has 1 aliphatic heterocycles. The van der Waals surface area contributed by atoms with Crippen LogP contribution in [0.4, 0.5) is 4.79 Å². The van der Waals surface area contributed by atoms with Crippen LogP contribution in [0, 0.1) is 6.92 Å². The number of hydrogen-bond donors (Lipinski definition) is 0. The maximum atomic E-state index is 12.5. The normalized spacial score (nSPS) is 22.0. The summed E-state index contributed by atoms with van der Waals surface area (Å²) in [5.74, 6) is -0.0781. The highest BCUT2D eigenvalue weighted by atomic mass is 32.1. The molecule has 1 saturated heterocycles. The Kier molecular flexibility index (Phi) is 5.41. The number of aromatic nitrogens is 1. The lowest BCUT2D eigenvalue weighted by atomic mass is 10.0. The van der Waals surface area contributed by atoms with Crippen LogP contribution in [0.1, 0.15) is 49.6 Å². The third-order valence-electron chi connectivity index (χ3n) is 3.47. The third kappa shape index (κ3) is 4.75. The summed E-state index contributed by atoms with van der Waals surface area (Å²) in [5, 5.41) is 2.60. The fourth-order valence-electron chi connectivity index (χ4n) is 2.51. The van der Waals surface area contributed by atoms with Crippen LogP contribution >= 0.6 is 11.3 Å². The van der Waals surface area contributed by atoms with Crippen molar-refractivity contribution in [1.82, 2.24) is 9.88 Å². The molecule has 0 N–H and O–H groups in total. The van der Waals surface area contributed by atoms with E-state index in [0.29, 0.717) is 18.9 Å². The third-order valence-corrected chi connectivity index (χ3v) is 4.24. The highest BCUT2D eigenvalue weighted by Gasteiger charge is 2.36. The molecule has 128 valence electrons. The van der Waals surface area contributed by atoms with Crippen LogP contribution in [0.15, 0.2) is 5.38 Å². The van der Waals surface area contributed by atoms with Gasteiger partial charge in [0.1, 0.15) is 11.3 Å². The molecule has 2 rings (SSSR count). The van der Waals surface area contributed by atoms with Crippen molar-refractivity contribution in [3.8, 4) is 0 Å². The van der Waals surface area contributed by atoms with Gasteiger partial charge in [0.15, 0.2) is 5.78 Å². The van der Waals surface area contributed by atoms with E-state index < -0.39 is 11.7 Å². The molecule has 0 aliphatic carbocycles.